The van der Waals surface area contributed by atoms with Gasteiger partial charge in [0.25, 0.3) is 0 Å². The van der Waals surface area contributed by atoms with E-state index in [4.69, 9.17) is 4.74 Å². The summed E-state index contributed by atoms with van der Waals surface area (Å²) >= 11 is 1.60. The number of rotatable bonds is 6. The Kier molecular flexibility index (Phi) is 6.69. The molecule has 0 aromatic heterocycles. The van der Waals surface area contributed by atoms with Crippen molar-refractivity contribution in [2.45, 2.75) is 51.7 Å². The molecular formula is C19H26N2O4S. The van der Waals surface area contributed by atoms with E-state index in [0.717, 1.165) is 16.9 Å². The van der Waals surface area contributed by atoms with Crippen LogP contribution in [-0.2, 0) is 16.0 Å². The van der Waals surface area contributed by atoms with Gasteiger partial charge in [-0.1, -0.05) is 0 Å². The second-order valence-corrected chi connectivity index (χ2v) is 8.25. The molecule has 0 heterocycles. The number of carbonyl (C=O) groups is 3. The fourth-order valence-corrected chi connectivity index (χ4v) is 3.19. The zero-order chi connectivity index (χ0) is 19.3. The highest BCUT2D eigenvalue weighted by Crippen LogP contribution is 2.25. The quantitative estimate of drug-likeness (QED) is 0.792. The number of aryl methyl sites for hydroxylation is 1. The van der Waals surface area contributed by atoms with Gasteiger partial charge < -0.3 is 15.4 Å². The minimum absolute atomic E-state index is 0.141. The van der Waals surface area contributed by atoms with E-state index < -0.39 is 17.7 Å². The zero-order valence-corrected chi connectivity index (χ0v) is 16.5. The van der Waals surface area contributed by atoms with E-state index in [1.807, 2.05) is 12.3 Å². The molecule has 0 bridgehead atoms. The minimum Gasteiger partial charge on any atom is -0.444 e. The van der Waals surface area contributed by atoms with E-state index in [-0.39, 0.29) is 11.7 Å². The summed E-state index contributed by atoms with van der Waals surface area (Å²) in [4.78, 5) is 36.4. The number of ketones is 1. The number of nitrogens with one attached hydrogen (secondary N) is 2. The van der Waals surface area contributed by atoms with Crippen LogP contribution in [0.3, 0.4) is 0 Å². The average Bonchev–Trinajstić information content (AvgIpc) is 2.90. The van der Waals surface area contributed by atoms with Crippen molar-refractivity contribution in [3.05, 3.63) is 29.3 Å². The van der Waals surface area contributed by atoms with Crippen molar-refractivity contribution in [1.29, 1.82) is 0 Å². The molecule has 1 aliphatic carbocycles. The number of alkyl carbamates (subject to hydrolysis) is 1. The maximum Gasteiger partial charge on any atom is 0.408 e. The summed E-state index contributed by atoms with van der Waals surface area (Å²) in [5.41, 5.74) is 1.68. The largest absolute Gasteiger partial charge is 0.444 e. The predicted molar refractivity (Wildman–Crippen MR) is 104 cm³/mol. The van der Waals surface area contributed by atoms with Crippen molar-refractivity contribution < 1.29 is 19.1 Å². The molecule has 1 aliphatic rings. The minimum atomic E-state index is -0.688. The highest BCUT2D eigenvalue weighted by atomic mass is 32.2. The van der Waals surface area contributed by atoms with Crippen LogP contribution in [0.2, 0.25) is 0 Å². The van der Waals surface area contributed by atoms with Gasteiger partial charge in [-0.3, -0.25) is 9.59 Å². The fraction of sp³-hybridized carbons (Fsp3) is 0.526. The SMILES string of the molecule is CSCC[C@H](NC(=O)OC(C)(C)C)C(=O)Nc1ccc2c(c1)CCC2=O. The lowest BCUT2D eigenvalue weighted by Crippen LogP contribution is -2.46. The first-order valence-electron chi connectivity index (χ1n) is 8.65. The van der Waals surface area contributed by atoms with Crippen LogP contribution in [0.25, 0.3) is 0 Å². The molecule has 0 radical (unpaired) electrons. The molecule has 7 heteroatoms. The van der Waals surface area contributed by atoms with Gasteiger partial charge in [-0.15, -0.1) is 0 Å². The Labute approximate surface area is 158 Å². The summed E-state index contributed by atoms with van der Waals surface area (Å²) in [6.07, 6.45) is 3.04. The van der Waals surface area contributed by atoms with Crippen LogP contribution in [0.15, 0.2) is 18.2 Å². The lowest BCUT2D eigenvalue weighted by molar-refractivity contribution is -0.118. The molecule has 0 saturated heterocycles. The average molecular weight is 378 g/mol. The molecule has 2 rings (SSSR count). The Hall–Kier alpha value is -2.02. The van der Waals surface area contributed by atoms with Gasteiger partial charge in [0.15, 0.2) is 5.78 Å². The Balaban J connectivity index is 2.04. The highest BCUT2D eigenvalue weighted by Gasteiger charge is 2.25. The number of amides is 2. The fourth-order valence-electron chi connectivity index (χ4n) is 2.72. The number of carbonyl (C=O) groups excluding carboxylic acids is 3. The van der Waals surface area contributed by atoms with Crippen molar-refractivity contribution in [2.24, 2.45) is 0 Å². The first kappa shape index (κ1) is 20.3. The van der Waals surface area contributed by atoms with E-state index in [9.17, 15) is 14.4 Å². The van der Waals surface area contributed by atoms with Crippen LogP contribution < -0.4 is 10.6 Å². The van der Waals surface area contributed by atoms with Gasteiger partial charge in [0, 0.05) is 17.7 Å². The summed E-state index contributed by atoms with van der Waals surface area (Å²) in [6, 6.07) is 4.61. The normalized spacial score (nSPS) is 14.5. The van der Waals surface area contributed by atoms with Gasteiger partial charge in [-0.05, 0) is 69.4 Å². The molecule has 26 heavy (non-hydrogen) atoms. The van der Waals surface area contributed by atoms with Gasteiger partial charge in [0.1, 0.15) is 11.6 Å². The maximum absolute atomic E-state index is 12.6. The van der Waals surface area contributed by atoms with Gasteiger partial charge in [0.2, 0.25) is 5.91 Å². The molecule has 142 valence electrons. The summed E-state index contributed by atoms with van der Waals surface area (Å²) in [5, 5.41) is 5.48. The second-order valence-electron chi connectivity index (χ2n) is 7.26. The monoisotopic (exact) mass is 378 g/mol. The smallest absolute Gasteiger partial charge is 0.408 e. The van der Waals surface area contributed by atoms with E-state index in [0.29, 0.717) is 24.9 Å². The number of ether oxygens (including phenoxy) is 1. The summed E-state index contributed by atoms with van der Waals surface area (Å²) in [6.45, 7) is 5.32. The molecule has 2 amide bonds. The topological polar surface area (TPSA) is 84.5 Å². The third-order valence-electron chi connectivity index (χ3n) is 3.91. The number of benzene rings is 1. The number of fused-ring (bicyclic) bond motifs is 1. The maximum atomic E-state index is 12.6. The Morgan fingerprint density at radius 1 is 1.27 bits per heavy atom. The second kappa shape index (κ2) is 8.58. The third kappa shape index (κ3) is 5.76. The standard InChI is InChI=1S/C19H26N2O4S/c1-19(2,3)25-18(24)21-15(9-10-26-4)17(23)20-13-6-7-14-12(11-13)5-8-16(14)22/h6-7,11,15H,5,8-10H2,1-4H3,(H,20,23)(H,21,24)/t15-/m0/s1. The lowest BCUT2D eigenvalue weighted by Gasteiger charge is -2.23. The van der Waals surface area contributed by atoms with Crippen LogP contribution in [0, 0.1) is 0 Å². The van der Waals surface area contributed by atoms with Gasteiger partial charge in [-0.2, -0.15) is 11.8 Å². The van der Waals surface area contributed by atoms with Crippen LogP contribution in [0.1, 0.15) is 49.5 Å². The summed E-state index contributed by atoms with van der Waals surface area (Å²) in [7, 11) is 0. The van der Waals surface area contributed by atoms with E-state index in [2.05, 4.69) is 10.6 Å². The molecule has 1 aromatic carbocycles. The number of Topliss-reactive ketones (excluding diaryl/α,β-unsaturated/α-hetero) is 1. The number of thioether (sulfide) groups is 1. The third-order valence-corrected chi connectivity index (χ3v) is 4.56. The molecule has 0 fully saturated rings. The molecule has 0 spiro atoms. The Morgan fingerprint density at radius 2 is 2.00 bits per heavy atom. The first-order valence-corrected chi connectivity index (χ1v) is 10.0. The van der Waals surface area contributed by atoms with E-state index >= 15 is 0 Å². The van der Waals surface area contributed by atoms with Crippen LogP contribution in [0.4, 0.5) is 10.5 Å². The van der Waals surface area contributed by atoms with Crippen molar-refractivity contribution in [1.82, 2.24) is 5.32 Å². The first-order chi connectivity index (χ1) is 12.2. The molecule has 0 unspecified atom stereocenters. The molecule has 0 aliphatic heterocycles. The Bertz CT molecular complexity index is 697. The van der Waals surface area contributed by atoms with Crippen molar-refractivity contribution >= 4 is 35.2 Å². The summed E-state index contributed by atoms with van der Waals surface area (Å²) < 4.78 is 5.25. The van der Waals surface area contributed by atoms with Crippen LogP contribution in [0.5, 0.6) is 0 Å². The molecule has 6 nitrogen and oxygen atoms in total. The molecule has 1 aromatic rings. The predicted octanol–water partition coefficient (Wildman–Crippen LogP) is 3.40. The van der Waals surface area contributed by atoms with E-state index in [1.54, 1.807) is 44.7 Å². The lowest BCUT2D eigenvalue weighted by atomic mass is 10.1. The highest BCUT2D eigenvalue weighted by molar-refractivity contribution is 7.98. The van der Waals surface area contributed by atoms with Gasteiger partial charge in [-0.25, -0.2) is 4.79 Å². The molecule has 0 saturated carbocycles. The molecule has 2 N–H and O–H groups in total. The van der Waals surface area contributed by atoms with Crippen LogP contribution in [-0.4, -0.2) is 41.4 Å². The molecular weight excluding hydrogens is 352 g/mol. The number of hydrogen-bond donors (Lipinski definition) is 2. The number of hydrogen-bond acceptors (Lipinski definition) is 5. The Morgan fingerprint density at radius 3 is 2.65 bits per heavy atom. The zero-order valence-electron chi connectivity index (χ0n) is 15.7. The summed E-state index contributed by atoms with van der Waals surface area (Å²) in [5.74, 6) is 0.573. The molecule has 1 atom stereocenters. The van der Waals surface area contributed by atoms with Crippen molar-refractivity contribution in [2.75, 3.05) is 17.3 Å². The van der Waals surface area contributed by atoms with Gasteiger partial charge in [0.05, 0.1) is 0 Å². The van der Waals surface area contributed by atoms with Crippen molar-refractivity contribution in [3.8, 4) is 0 Å². The number of anilines is 1. The van der Waals surface area contributed by atoms with Crippen LogP contribution >= 0.6 is 11.8 Å². The van der Waals surface area contributed by atoms with Crippen molar-refractivity contribution in [3.63, 3.8) is 0 Å². The van der Waals surface area contributed by atoms with E-state index in [1.165, 1.54) is 0 Å². The van der Waals surface area contributed by atoms with Gasteiger partial charge >= 0.3 is 6.09 Å².